The van der Waals surface area contributed by atoms with Crippen molar-refractivity contribution in [1.29, 1.82) is 0 Å². The van der Waals surface area contributed by atoms with Crippen LogP contribution in [0.4, 0.5) is 4.39 Å². The zero-order valence-electron chi connectivity index (χ0n) is 10.2. The molecular formula is C13H16FNO3. The van der Waals surface area contributed by atoms with Crippen molar-refractivity contribution >= 4 is 11.8 Å². The quantitative estimate of drug-likeness (QED) is 0.835. The van der Waals surface area contributed by atoms with Gasteiger partial charge < -0.3 is 5.11 Å². The van der Waals surface area contributed by atoms with Crippen molar-refractivity contribution in [2.75, 3.05) is 0 Å². The molecule has 98 valence electrons. The van der Waals surface area contributed by atoms with Crippen LogP contribution in [0.5, 0.6) is 0 Å². The maximum absolute atomic E-state index is 13.3. The molecule has 18 heavy (non-hydrogen) atoms. The highest BCUT2D eigenvalue weighted by atomic mass is 19.1. The van der Waals surface area contributed by atoms with Crippen LogP contribution < -0.4 is 0 Å². The van der Waals surface area contributed by atoms with Crippen LogP contribution in [0.3, 0.4) is 0 Å². The molecule has 0 unspecified atom stereocenters. The SMILES string of the molecule is CC(=O)O.O=C1CCC(c2ncccc2F)CC1. The molecule has 1 saturated carbocycles. The summed E-state index contributed by atoms with van der Waals surface area (Å²) in [6, 6.07) is 3.02. The number of aliphatic carboxylic acids is 1. The van der Waals surface area contributed by atoms with E-state index in [1.54, 1.807) is 12.3 Å². The average Bonchev–Trinajstić information content (AvgIpc) is 2.30. The van der Waals surface area contributed by atoms with Gasteiger partial charge in [0.25, 0.3) is 5.97 Å². The van der Waals surface area contributed by atoms with Gasteiger partial charge in [0.2, 0.25) is 0 Å². The molecule has 2 rings (SSSR count). The minimum absolute atomic E-state index is 0.133. The maximum atomic E-state index is 13.3. The first kappa shape index (κ1) is 14.3. The number of ketones is 1. The summed E-state index contributed by atoms with van der Waals surface area (Å²) in [6.45, 7) is 1.08. The van der Waals surface area contributed by atoms with Gasteiger partial charge in [0.05, 0.1) is 5.69 Å². The van der Waals surface area contributed by atoms with E-state index in [4.69, 9.17) is 9.90 Å². The summed E-state index contributed by atoms with van der Waals surface area (Å²) in [5, 5.41) is 7.42. The van der Waals surface area contributed by atoms with Crippen molar-refractivity contribution in [2.24, 2.45) is 0 Å². The number of pyridine rings is 1. The van der Waals surface area contributed by atoms with E-state index in [-0.39, 0.29) is 17.5 Å². The van der Waals surface area contributed by atoms with Crippen LogP contribution in [0.25, 0.3) is 0 Å². The second-order valence-corrected chi connectivity index (χ2v) is 4.20. The van der Waals surface area contributed by atoms with Crippen LogP contribution in [0.1, 0.15) is 44.2 Å². The third-order valence-electron chi connectivity index (χ3n) is 2.72. The molecule has 1 fully saturated rings. The highest BCUT2D eigenvalue weighted by Gasteiger charge is 2.23. The van der Waals surface area contributed by atoms with E-state index >= 15 is 0 Å². The number of aromatic nitrogens is 1. The number of hydrogen-bond acceptors (Lipinski definition) is 3. The minimum atomic E-state index is -0.833. The number of carbonyl (C=O) groups excluding carboxylic acids is 1. The van der Waals surface area contributed by atoms with Crippen molar-refractivity contribution < 1.29 is 19.1 Å². The molecule has 4 nitrogen and oxygen atoms in total. The topological polar surface area (TPSA) is 67.3 Å². The Morgan fingerprint density at radius 1 is 1.44 bits per heavy atom. The van der Waals surface area contributed by atoms with Gasteiger partial charge in [0, 0.05) is 31.9 Å². The Labute approximate surface area is 105 Å². The van der Waals surface area contributed by atoms with E-state index in [9.17, 15) is 9.18 Å². The number of rotatable bonds is 1. The summed E-state index contributed by atoms with van der Waals surface area (Å²) in [6.07, 6.45) is 4.23. The Morgan fingerprint density at radius 3 is 2.50 bits per heavy atom. The average molecular weight is 253 g/mol. The molecule has 1 aromatic heterocycles. The van der Waals surface area contributed by atoms with Gasteiger partial charge in [0.15, 0.2) is 0 Å². The number of halogens is 1. The van der Waals surface area contributed by atoms with E-state index in [0.29, 0.717) is 18.5 Å². The van der Waals surface area contributed by atoms with Crippen molar-refractivity contribution in [3.63, 3.8) is 0 Å². The maximum Gasteiger partial charge on any atom is 0.300 e. The highest BCUT2D eigenvalue weighted by molar-refractivity contribution is 5.79. The van der Waals surface area contributed by atoms with Crippen molar-refractivity contribution in [3.05, 3.63) is 29.8 Å². The lowest BCUT2D eigenvalue weighted by atomic mass is 9.86. The van der Waals surface area contributed by atoms with Crippen LogP contribution >= 0.6 is 0 Å². The molecule has 1 N–H and O–H groups in total. The second-order valence-electron chi connectivity index (χ2n) is 4.20. The molecular weight excluding hydrogens is 237 g/mol. The molecule has 1 aromatic rings. The molecule has 0 bridgehead atoms. The number of nitrogens with zero attached hydrogens (tertiary/aromatic N) is 1. The minimum Gasteiger partial charge on any atom is -0.481 e. The van der Waals surface area contributed by atoms with E-state index in [1.807, 2.05) is 0 Å². The zero-order chi connectivity index (χ0) is 13.5. The Hall–Kier alpha value is -1.78. The van der Waals surface area contributed by atoms with Gasteiger partial charge >= 0.3 is 0 Å². The van der Waals surface area contributed by atoms with Gasteiger partial charge in [-0.25, -0.2) is 4.39 Å². The normalized spacial score (nSPS) is 15.8. The van der Waals surface area contributed by atoms with Crippen LogP contribution in [0.15, 0.2) is 18.3 Å². The Bertz CT molecular complexity index is 420. The Balaban J connectivity index is 0.000000357. The monoisotopic (exact) mass is 253 g/mol. The van der Waals surface area contributed by atoms with Crippen molar-refractivity contribution in [2.45, 2.75) is 38.5 Å². The summed E-state index contributed by atoms with van der Waals surface area (Å²) >= 11 is 0. The molecule has 1 heterocycles. The highest BCUT2D eigenvalue weighted by Crippen LogP contribution is 2.30. The van der Waals surface area contributed by atoms with Gasteiger partial charge in [-0.1, -0.05) is 0 Å². The van der Waals surface area contributed by atoms with Crippen LogP contribution in [-0.2, 0) is 9.59 Å². The summed E-state index contributed by atoms with van der Waals surface area (Å²) in [5.41, 5.74) is 0.528. The van der Waals surface area contributed by atoms with Crippen molar-refractivity contribution in [3.8, 4) is 0 Å². The summed E-state index contributed by atoms with van der Waals surface area (Å²) in [7, 11) is 0. The molecule has 1 aliphatic carbocycles. The van der Waals surface area contributed by atoms with Crippen LogP contribution in [0.2, 0.25) is 0 Å². The predicted octanol–water partition coefficient (Wildman–Crippen LogP) is 2.54. The molecule has 0 aromatic carbocycles. The molecule has 5 heteroatoms. The molecule has 0 saturated heterocycles. The van der Waals surface area contributed by atoms with Gasteiger partial charge in [-0.3, -0.25) is 14.6 Å². The number of carboxylic acids is 1. The van der Waals surface area contributed by atoms with Crippen molar-refractivity contribution in [1.82, 2.24) is 4.98 Å². The molecule has 0 aliphatic heterocycles. The largest absolute Gasteiger partial charge is 0.481 e. The van der Waals surface area contributed by atoms with E-state index in [0.717, 1.165) is 19.8 Å². The molecule has 0 atom stereocenters. The zero-order valence-corrected chi connectivity index (χ0v) is 10.2. The summed E-state index contributed by atoms with van der Waals surface area (Å²) in [5.74, 6) is -0.654. The predicted molar refractivity (Wildman–Crippen MR) is 63.7 cm³/mol. The first-order valence-electron chi connectivity index (χ1n) is 5.82. The lowest BCUT2D eigenvalue weighted by molar-refractivity contribution is -0.134. The summed E-state index contributed by atoms with van der Waals surface area (Å²) < 4.78 is 13.3. The smallest absolute Gasteiger partial charge is 0.300 e. The Morgan fingerprint density at radius 2 is 2.00 bits per heavy atom. The van der Waals surface area contributed by atoms with Gasteiger partial charge in [0.1, 0.15) is 11.6 Å². The van der Waals surface area contributed by atoms with E-state index in [1.165, 1.54) is 6.07 Å². The fraction of sp³-hybridized carbons (Fsp3) is 0.462. The van der Waals surface area contributed by atoms with Gasteiger partial charge in [-0.15, -0.1) is 0 Å². The second kappa shape index (κ2) is 6.83. The standard InChI is InChI=1S/C11H12FNO.C2H4O2/c12-10-2-1-7-13-11(10)8-3-5-9(14)6-4-8;1-2(3)4/h1-2,7-8H,3-6H2;1H3,(H,3,4). The van der Waals surface area contributed by atoms with Crippen LogP contribution in [0, 0.1) is 5.82 Å². The molecule has 0 radical (unpaired) electrons. The number of hydrogen-bond donors (Lipinski definition) is 1. The fourth-order valence-corrected chi connectivity index (χ4v) is 1.91. The molecule has 0 spiro atoms. The lowest BCUT2D eigenvalue weighted by Crippen LogP contribution is -2.14. The van der Waals surface area contributed by atoms with E-state index < -0.39 is 5.97 Å². The third-order valence-corrected chi connectivity index (χ3v) is 2.72. The molecule has 1 aliphatic rings. The fourth-order valence-electron chi connectivity index (χ4n) is 1.91. The van der Waals surface area contributed by atoms with E-state index in [2.05, 4.69) is 4.98 Å². The molecule has 0 amide bonds. The van der Waals surface area contributed by atoms with Gasteiger partial charge in [-0.2, -0.15) is 0 Å². The first-order valence-corrected chi connectivity index (χ1v) is 5.82. The number of carbonyl (C=O) groups is 2. The number of carboxylic acid groups (broad SMARTS) is 1. The first-order chi connectivity index (χ1) is 8.50. The summed E-state index contributed by atoms with van der Waals surface area (Å²) in [4.78, 5) is 24.1. The van der Waals surface area contributed by atoms with Gasteiger partial charge in [-0.05, 0) is 25.0 Å². The van der Waals surface area contributed by atoms with Crippen LogP contribution in [-0.4, -0.2) is 21.8 Å². The third kappa shape index (κ3) is 4.61. The number of Topliss-reactive ketones (excluding diaryl/α,β-unsaturated/α-hetero) is 1. The lowest BCUT2D eigenvalue weighted by Gasteiger charge is -2.20. The Kier molecular flexibility index (Phi) is 5.42.